The van der Waals surface area contributed by atoms with Crippen LogP contribution in [0.4, 0.5) is 26.3 Å². The van der Waals surface area contributed by atoms with E-state index in [1.54, 1.807) is 13.8 Å². The number of carbonyl (C=O) groups excluding carboxylic acids is 1. The van der Waals surface area contributed by atoms with Crippen LogP contribution in [0, 0.1) is 0 Å². The summed E-state index contributed by atoms with van der Waals surface area (Å²) in [4.78, 5) is 15.4. The van der Waals surface area contributed by atoms with Gasteiger partial charge in [0.1, 0.15) is 0 Å². The van der Waals surface area contributed by atoms with E-state index in [0.717, 1.165) is 34.9 Å². The van der Waals surface area contributed by atoms with E-state index < -0.39 is 34.6 Å². The molecule has 0 spiro atoms. The number of benzene rings is 2. The van der Waals surface area contributed by atoms with Crippen molar-refractivity contribution in [3.8, 4) is 0 Å². The number of hydroxylamine groups is 2. The molecule has 0 saturated carbocycles. The lowest BCUT2D eigenvalue weighted by Crippen LogP contribution is -2.48. The summed E-state index contributed by atoms with van der Waals surface area (Å²) in [6, 6.07) is 8.87. The molecule has 0 bridgehead atoms. The average molecular weight is 564 g/mol. The molecule has 40 heavy (non-hydrogen) atoms. The normalized spacial score (nSPS) is 22.3. The first-order valence-corrected chi connectivity index (χ1v) is 12.6. The second kappa shape index (κ2) is 10.3. The minimum atomic E-state index is -4.49. The first-order valence-electron chi connectivity index (χ1n) is 12.6. The average Bonchev–Trinajstić information content (AvgIpc) is 3.00. The highest BCUT2D eigenvalue weighted by Crippen LogP contribution is 2.39. The fourth-order valence-corrected chi connectivity index (χ4v) is 5.15. The van der Waals surface area contributed by atoms with E-state index in [1.165, 1.54) is 36.4 Å². The van der Waals surface area contributed by atoms with Gasteiger partial charge in [0.05, 0.1) is 22.2 Å². The molecule has 1 radical (unpaired) electrons. The molecular weight excluding hydrogens is 534 g/mol. The molecule has 1 fully saturated rings. The molecule has 2 aromatic carbocycles. The summed E-state index contributed by atoms with van der Waals surface area (Å²) in [5.41, 5.74) is -0.869. The standard InChI is InChI=1S/C30H29F6N2O2/c1-27(2)15-25(28(3,4)38(27)40)18-37-16-21(13-19-5-9-23(10-6-19)29(31,32)33)26(39)22(17-37)14-20-7-11-24(12-8-20)30(34,35)36/h5-15H,16-18H2,1-4H3/b21-13+,22-14+. The van der Waals surface area contributed by atoms with Crippen LogP contribution in [0.3, 0.4) is 0 Å². The van der Waals surface area contributed by atoms with Crippen LogP contribution in [0.15, 0.2) is 71.3 Å². The van der Waals surface area contributed by atoms with Crippen molar-refractivity contribution in [2.24, 2.45) is 0 Å². The number of nitrogens with zero attached hydrogens (tertiary/aromatic N) is 2. The van der Waals surface area contributed by atoms with Gasteiger partial charge in [-0.1, -0.05) is 30.3 Å². The number of alkyl halides is 6. The first kappa shape index (κ1) is 29.8. The molecule has 0 aliphatic carbocycles. The first-order chi connectivity index (χ1) is 18.4. The quantitative estimate of drug-likeness (QED) is 0.224. The molecule has 0 amide bonds. The van der Waals surface area contributed by atoms with Crippen molar-refractivity contribution >= 4 is 17.9 Å². The van der Waals surface area contributed by atoms with Crippen molar-refractivity contribution in [1.29, 1.82) is 0 Å². The molecule has 0 unspecified atom stereocenters. The van der Waals surface area contributed by atoms with E-state index in [-0.39, 0.29) is 18.9 Å². The Labute approximate surface area is 228 Å². The van der Waals surface area contributed by atoms with E-state index in [0.29, 0.717) is 28.8 Å². The van der Waals surface area contributed by atoms with Gasteiger partial charge in [0.15, 0.2) is 5.78 Å². The molecule has 1 saturated heterocycles. The zero-order chi connectivity index (χ0) is 29.7. The molecule has 4 nitrogen and oxygen atoms in total. The highest BCUT2D eigenvalue weighted by Gasteiger charge is 2.47. The van der Waals surface area contributed by atoms with Crippen LogP contribution in [-0.4, -0.2) is 46.5 Å². The molecule has 0 atom stereocenters. The Morgan fingerprint density at radius 2 is 1.15 bits per heavy atom. The van der Waals surface area contributed by atoms with Gasteiger partial charge in [-0.25, -0.2) is 0 Å². The molecule has 2 aliphatic rings. The summed E-state index contributed by atoms with van der Waals surface area (Å²) < 4.78 is 78.0. The molecule has 2 heterocycles. The molecule has 0 N–H and O–H groups in total. The predicted molar refractivity (Wildman–Crippen MR) is 139 cm³/mol. The molecule has 2 aliphatic heterocycles. The van der Waals surface area contributed by atoms with Crippen molar-refractivity contribution in [2.75, 3.05) is 19.6 Å². The number of rotatable bonds is 4. The highest BCUT2D eigenvalue weighted by molar-refractivity contribution is 6.14. The molecule has 4 rings (SSSR count). The number of hydrogen-bond acceptors (Lipinski definition) is 3. The summed E-state index contributed by atoms with van der Waals surface area (Å²) in [7, 11) is 0. The summed E-state index contributed by atoms with van der Waals surface area (Å²) >= 11 is 0. The van der Waals surface area contributed by atoms with Gasteiger partial charge in [0.25, 0.3) is 0 Å². The zero-order valence-electron chi connectivity index (χ0n) is 22.5. The number of carbonyl (C=O) groups is 1. The Morgan fingerprint density at radius 1 is 0.750 bits per heavy atom. The van der Waals surface area contributed by atoms with Gasteiger partial charge in [-0.05, 0) is 80.8 Å². The van der Waals surface area contributed by atoms with Crippen LogP contribution < -0.4 is 0 Å². The van der Waals surface area contributed by atoms with Gasteiger partial charge in [0, 0.05) is 30.8 Å². The number of hydrogen-bond donors (Lipinski definition) is 0. The molecule has 0 aromatic heterocycles. The fourth-order valence-electron chi connectivity index (χ4n) is 5.15. The molecule has 10 heteroatoms. The SMILES string of the molecule is CC1(C)C=C(CN2C/C(=C\c3ccc(C(F)(F)F)cc3)C(=O)/C(=C/c3ccc(C(F)(F)F)cc3)C2)C(C)(C)N1[O]. The van der Waals surface area contributed by atoms with Gasteiger partial charge in [-0.15, -0.1) is 10.3 Å². The Balaban J connectivity index is 1.69. The Kier molecular flexibility index (Phi) is 7.68. The lowest BCUT2D eigenvalue weighted by molar-refractivity contribution is -0.238. The minimum absolute atomic E-state index is 0.177. The van der Waals surface area contributed by atoms with Crippen LogP contribution in [0.1, 0.15) is 49.9 Å². The number of halogens is 6. The Hall–Kier alpha value is -3.21. The summed E-state index contributed by atoms with van der Waals surface area (Å²) in [6.45, 7) is 7.94. The van der Waals surface area contributed by atoms with E-state index in [2.05, 4.69) is 0 Å². The van der Waals surface area contributed by atoms with E-state index in [9.17, 15) is 36.3 Å². The highest BCUT2D eigenvalue weighted by atomic mass is 19.4. The van der Waals surface area contributed by atoms with Crippen molar-refractivity contribution in [3.63, 3.8) is 0 Å². The number of Topliss-reactive ketones (excluding diaryl/α,β-unsaturated/α-hetero) is 1. The van der Waals surface area contributed by atoms with Gasteiger partial charge in [-0.3, -0.25) is 9.69 Å². The van der Waals surface area contributed by atoms with Crippen LogP contribution in [0.5, 0.6) is 0 Å². The van der Waals surface area contributed by atoms with Gasteiger partial charge >= 0.3 is 12.4 Å². The fraction of sp³-hybridized carbons (Fsp3) is 0.367. The third kappa shape index (κ3) is 6.24. The Bertz CT molecular complexity index is 1290. The van der Waals surface area contributed by atoms with Gasteiger partial charge < -0.3 is 0 Å². The monoisotopic (exact) mass is 563 g/mol. The smallest absolute Gasteiger partial charge is 0.291 e. The molecule has 213 valence electrons. The van der Waals surface area contributed by atoms with Crippen molar-refractivity contribution in [2.45, 2.75) is 51.1 Å². The number of ketones is 1. The maximum absolute atomic E-state index is 13.5. The van der Waals surface area contributed by atoms with Crippen LogP contribution in [0.25, 0.3) is 12.2 Å². The third-order valence-corrected chi connectivity index (χ3v) is 7.27. The van der Waals surface area contributed by atoms with Crippen LogP contribution in [-0.2, 0) is 22.4 Å². The lowest BCUT2D eigenvalue weighted by Gasteiger charge is -2.36. The van der Waals surface area contributed by atoms with Crippen molar-refractivity contribution in [3.05, 3.63) is 93.6 Å². The van der Waals surface area contributed by atoms with E-state index in [1.807, 2.05) is 24.8 Å². The molecular formula is C30H29F6N2O2. The second-order valence-corrected chi connectivity index (χ2v) is 11.2. The Morgan fingerprint density at radius 3 is 1.48 bits per heavy atom. The van der Waals surface area contributed by atoms with Gasteiger partial charge in [0.2, 0.25) is 0 Å². The number of piperidine rings is 1. The van der Waals surface area contributed by atoms with Crippen LogP contribution >= 0.6 is 0 Å². The third-order valence-electron chi connectivity index (χ3n) is 7.27. The predicted octanol–water partition coefficient (Wildman–Crippen LogP) is 7.22. The number of likely N-dealkylation sites (tertiary alicyclic amines) is 1. The summed E-state index contributed by atoms with van der Waals surface area (Å²) in [6.07, 6.45) is -4.05. The minimum Gasteiger partial charge on any atom is -0.291 e. The van der Waals surface area contributed by atoms with Crippen molar-refractivity contribution < 1.29 is 36.3 Å². The lowest BCUT2D eigenvalue weighted by atomic mass is 9.91. The molecule has 2 aromatic rings. The largest absolute Gasteiger partial charge is 0.416 e. The maximum Gasteiger partial charge on any atom is 0.416 e. The maximum atomic E-state index is 13.5. The second-order valence-electron chi connectivity index (χ2n) is 11.2. The van der Waals surface area contributed by atoms with E-state index >= 15 is 0 Å². The van der Waals surface area contributed by atoms with Crippen LogP contribution in [0.2, 0.25) is 0 Å². The van der Waals surface area contributed by atoms with Gasteiger partial charge in [-0.2, -0.15) is 26.3 Å². The topological polar surface area (TPSA) is 43.5 Å². The summed E-state index contributed by atoms with van der Waals surface area (Å²) in [5, 5.41) is 13.9. The summed E-state index contributed by atoms with van der Waals surface area (Å²) in [5.74, 6) is -0.346. The zero-order valence-corrected chi connectivity index (χ0v) is 22.5. The van der Waals surface area contributed by atoms with E-state index in [4.69, 9.17) is 0 Å². The van der Waals surface area contributed by atoms with Crippen molar-refractivity contribution in [1.82, 2.24) is 9.96 Å².